The van der Waals surface area contributed by atoms with Crippen molar-refractivity contribution in [2.24, 2.45) is 0 Å². The third kappa shape index (κ3) is 2.93. The first kappa shape index (κ1) is 16.6. The highest BCUT2D eigenvalue weighted by Gasteiger charge is 2.25. The molecule has 0 fully saturated rings. The molecule has 2 aromatic carbocycles. The Balaban J connectivity index is 1.78. The summed E-state index contributed by atoms with van der Waals surface area (Å²) in [5, 5.41) is 7.96. The number of allylic oxidation sites excluding steroid dienone is 1. The van der Waals surface area contributed by atoms with E-state index in [9.17, 15) is 4.39 Å². The Labute approximate surface area is 155 Å². The third-order valence-corrected chi connectivity index (χ3v) is 4.47. The second kappa shape index (κ2) is 6.80. The highest BCUT2D eigenvalue weighted by Crippen LogP contribution is 2.35. The quantitative estimate of drug-likeness (QED) is 0.733. The van der Waals surface area contributed by atoms with Gasteiger partial charge in [-0.05, 0) is 42.8 Å². The molecular formula is C19H16ClFN4O. The Morgan fingerprint density at radius 2 is 2.12 bits per heavy atom. The van der Waals surface area contributed by atoms with Crippen LogP contribution in [-0.4, -0.2) is 21.4 Å². The number of aromatic nitrogens is 3. The van der Waals surface area contributed by atoms with Crippen LogP contribution >= 0.6 is 11.6 Å². The molecular weight excluding hydrogens is 355 g/mol. The molecule has 4 rings (SSSR count). The molecule has 0 spiro atoms. The van der Waals surface area contributed by atoms with E-state index in [-0.39, 0.29) is 5.82 Å². The summed E-state index contributed by atoms with van der Waals surface area (Å²) in [6.45, 7) is 2.44. The summed E-state index contributed by atoms with van der Waals surface area (Å²) in [4.78, 5) is 4.23. The zero-order valence-corrected chi connectivity index (χ0v) is 14.7. The van der Waals surface area contributed by atoms with Crippen LogP contribution in [0.1, 0.15) is 24.1 Å². The minimum absolute atomic E-state index is 0.291. The highest BCUT2D eigenvalue weighted by molar-refractivity contribution is 6.32. The number of hydrogen-bond acceptors (Lipinski definition) is 4. The van der Waals surface area contributed by atoms with E-state index in [4.69, 9.17) is 16.3 Å². The van der Waals surface area contributed by atoms with E-state index in [0.717, 1.165) is 11.3 Å². The Hall–Kier alpha value is -2.86. The van der Waals surface area contributed by atoms with Crippen LogP contribution in [-0.2, 0) is 0 Å². The number of hydrogen-bond donors (Lipinski definition) is 1. The van der Waals surface area contributed by atoms with Crippen LogP contribution in [0.25, 0.3) is 5.70 Å². The molecule has 1 aromatic heterocycles. The summed E-state index contributed by atoms with van der Waals surface area (Å²) in [7, 11) is 0. The smallest absolute Gasteiger partial charge is 0.226 e. The van der Waals surface area contributed by atoms with E-state index in [1.165, 1.54) is 12.4 Å². The van der Waals surface area contributed by atoms with Gasteiger partial charge in [-0.15, -0.1) is 0 Å². The number of ether oxygens (including phenoxy) is 1. The zero-order valence-electron chi connectivity index (χ0n) is 14.0. The summed E-state index contributed by atoms with van der Waals surface area (Å²) >= 11 is 6.31. The van der Waals surface area contributed by atoms with Crippen molar-refractivity contribution in [3.8, 4) is 5.75 Å². The molecule has 0 bridgehead atoms. The molecule has 1 aliphatic heterocycles. The first-order valence-corrected chi connectivity index (χ1v) is 8.60. The Morgan fingerprint density at radius 1 is 1.27 bits per heavy atom. The lowest BCUT2D eigenvalue weighted by molar-refractivity contribution is 0.340. The highest BCUT2D eigenvalue weighted by atomic mass is 35.5. The van der Waals surface area contributed by atoms with Gasteiger partial charge in [-0.3, -0.25) is 0 Å². The molecule has 0 saturated carbocycles. The van der Waals surface area contributed by atoms with E-state index in [1.807, 2.05) is 31.2 Å². The van der Waals surface area contributed by atoms with Crippen molar-refractivity contribution in [1.29, 1.82) is 0 Å². The number of halogens is 2. The Morgan fingerprint density at radius 3 is 2.88 bits per heavy atom. The molecule has 0 amide bonds. The summed E-state index contributed by atoms with van der Waals surface area (Å²) in [6, 6.07) is 11.8. The lowest BCUT2D eigenvalue weighted by Gasteiger charge is -2.25. The standard InChI is InChI=1S/C19H16ClFN4O/c1-2-26-18-8-7-12(9-14(18)20)16-10-17(13-5-3-4-6-15(13)21)25-19(24-16)22-11-23-25/h3-11,17H,2H2,1H3,(H,22,23,24)/t17-/m0/s1. The van der Waals surface area contributed by atoms with Crippen LogP contribution < -0.4 is 10.1 Å². The van der Waals surface area contributed by atoms with Crippen molar-refractivity contribution in [3.63, 3.8) is 0 Å². The molecule has 0 aliphatic carbocycles. The van der Waals surface area contributed by atoms with E-state index in [1.54, 1.807) is 22.9 Å². The minimum Gasteiger partial charge on any atom is -0.492 e. The van der Waals surface area contributed by atoms with Gasteiger partial charge < -0.3 is 10.1 Å². The molecule has 26 heavy (non-hydrogen) atoms. The number of nitrogens with one attached hydrogen (secondary N) is 1. The van der Waals surface area contributed by atoms with E-state index in [0.29, 0.717) is 28.9 Å². The van der Waals surface area contributed by atoms with E-state index in [2.05, 4.69) is 15.4 Å². The van der Waals surface area contributed by atoms with E-state index < -0.39 is 6.04 Å². The van der Waals surface area contributed by atoms with Gasteiger partial charge in [0, 0.05) is 11.3 Å². The van der Waals surface area contributed by atoms with Crippen molar-refractivity contribution in [2.75, 3.05) is 11.9 Å². The molecule has 1 atom stereocenters. The second-order valence-corrected chi connectivity index (χ2v) is 6.19. The molecule has 7 heteroatoms. The van der Waals surface area contributed by atoms with Crippen LogP contribution in [0.3, 0.4) is 0 Å². The Bertz CT molecular complexity index is 985. The van der Waals surface area contributed by atoms with Crippen LogP contribution in [0.15, 0.2) is 54.9 Å². The maximum Gasteiger partial charge on any atom is 0.226 e. The van der Waals surface area contributed by atoms with E-state index >= 15 is 0 Å². The molecule has 0 unspecified atom stereocenters. The summed E-state index contributed by atoms with van der Waals surface area (Å²) < 4.78 is 21.5. The summed E-state index contributed by atoms with van der Waals surface area (Å²) in [5.41, 5.74) is 2.16. The van der Waals surface area contributed by atoms with Gasteiger partial charge in [0.1, 0.15) is 23.9 Å². The number of fused-ring (bicyclic) bond motifs is 1. The fraction of sp³-hybridized carbons (Fsp3) is 0.158. The summed E-state index contributed by atoms with van der Waals surface area (Å²) in [5.74, 6) is 0.880. The van der Waals surface area contributed by atoms with Crippen LogP contribution in [0.5, 0.6) is 5.75 Å². The average Bonchev–Trinajstić information content (AvgIpc) is 3.12. The minimum atomic E-state index is -0.407. The van der Waals surface area contributed by atoms with Gasteiger partial charge in [0.15, 0.2) is 0 Å². The first-order valence-electron chi connectivity index (χ1n) is 8.23. The van der Waals surface area contributed by atoms with Crippen molar-refractivity contribution >= 4 is 23.2 Å². The number of benzene rings is 2. The molecule has 3 aromatic rings. The predicted octanol–water partition coefficient (Wildman–Crippen LogP) is 4.53. The second-order valence-electron chi connectivity index (χ2n) is 5.78. The van der Waals surface area contributed by atoms with Crippen LogP contribution in [0, 0.1) is 5.82 Å². The number of anilines is 1. The fourth-order valence-corrected chi connectivity index (χ4v) is 3.21. The molecule has 2 heterocycles. The van der Waals surface area contributed by atoms with Gasteiger partial charge in [-0.2, -0.15) is 10.1 Å². The molecule has 1 aliphatic rings. The molecule has 132 valence electrons. The SMILES string of the molecule is CCOc1ccc(C2=C[C@@H](c3ccccc3F)n3ncnc3N2)cc1Cl. The van der Waals surface area contributed by atoms with Crippen molar-refractivity contribution < 1.29 is 9.13 Å². The maximum atomic E-state index is 14.4. The largest absolute Gasteiger partial charge is 0.492 e. The number of nitrogens with zero attached hydrogens (tertiary/aromatic N) is 3. The monoisotopic (exact) mass is 370 g/mol. The topological polar surface area (TPSA) is 52.0 Å². The zero-order chi connectivity index (χ0) is 18.1. The average molecular weight is 371 g/mol. The van der Waals surface area contributed by atoms with Gasteiger partial charge in [0.05, 0.1) is 11.6 Å². The van der Waals surface area contributed by atoms with Crippen molar-refractivity contribution in [2.45, 2.75) is 13.0 Å². The molecule has 0 radical (unpaired) electrons. The molecule has 0 saturated heterocycles. The van der Waals surface area contributed by atoms with Crippen molar-refractivity contribution in [3.05, 3.63) is 76.8 Å². The van der Waals surface area contributed by atoms with Crippen molar-refractivity contribution in [1.82, 2.24) is 14.8 Å². The van der Waals surface area contributed by atoms with Gasteiger partial charge >= 0.3 is 0 Å². The maximum absolute atomic E-state index is 14.4. The van der Waals surface area contributed by atoms with Gasteiger partial charge in [-0.25, -0.2) is 9.07 Å². The normalized spacial score (nSPS) is 15.8. The van der Waals surface area contributed by atoms with Gasteiger partial charge in [-0.1, -0.05) is 29.8 Å². The lowest BCUT2D eigenvalue weighted by Crippen LogP contribution is -2.21. The van der Waals surface area contributed by atoms with Crippen LogP contribution in [0.2, 0.25) is 5.02 Å². The molecule has 1 N–H and O–H groups in total. The van der Waals surface area contributed by atoms with Gasteiger partial charge in [0.2, 0.25) is 5.95 Å². The number of rotatable bonds is 4. The summed E-state index contributed by atoms with van der Waals surface area (Å²) in [6.07, 6.45) is 3.35. The van der Waals surface area contributed by atoms with Crippen LogP contribution in [0.4, 0.5) is 10.3 Å². The lowest BCUT2D eigenvalue weighted by atomic mass is 10.0. The molecule has 5 nitrogen and oxygen atoms in total. The fourth-order valence-electron chi connectivity index (χ4n) is 2.98. The first-order chi connectivity index (χ1) is 12.7. The predicted molar refractivity (Wildman–Crippen MR) is 98.8 cm³/mol. The third-order valence-electron chi connectivity index (χ3n) is 4.17. The Kier molecular flexibility index (Phi) is 4.34. The van der Waals surface area contributed by atoms with Gasteiger partial charge in [0.25, 0.3) is 0 Å².